The molecule has 1 aromatic rings. The van der Waals surface area contributed by atoms with Crippen molar-refractivity contribution in [1.29, 1.82) is 0 Å². The molecule has 0 amide bonds. The van der Waals surface area contributed by atoms with Gasteiger partial charge in [-0.05, 0) is 12.5 Å². The van der Waals surface area contributed by atoms with E-state index in [2.05, 4.69) is 4.74 Å². The number of alkyl halides is 1. The van der Waals surface area contributed by atoms with E-state index in [1.54, 1.807) is 0 Å². The van der Waals surface area contributed by atoms with E-state index in [0.29, 0.717) is 0 Å². The van der Waals surface area contributed by atoms with E-state index >= 15 is 0 Å². The fraction of sp³-hybridized carbons (Fsp3) is 0.417. The Morgan fingerprint density at radius 3 is 2.80 bits per heavy atom. The highest BCUT2D eigenvalue weighted by molar-refractivity contribution is 5.70. The van der Waals surface area contributed by atoms with E-state index in [4.69, 9.17) is 0 Å². The van der Waals surface area contributed by atoms with Gasteiger partial charge < -0.3 is 4.74 Å². The first-order valence-electron chi connectivity index (χ1n) is 4.86. The topological polar surface area (TPSA) is 26.3 Å². The normalized spacial score (nSPS) is 12.2. The van der Waals surface area contributed by atoms with Gasteiger partial charge in [-0.1, -0.05) is 29.8 Å². The number of esters is 1. The van der Waals surface area contributed by atoms with Gasteiger partial charge in [0.15, 0.2) is 0 Å². The van der Waals surface area contributed by atoms with Crippen LogP contribution in [0.4, 0.5) is 4.39 Å². The van der Waals surface area contributed by atoms with Crippen molar-refractivity contribution in [3.63, 3.8) is 0 Å². The zero-order chi connectivity index (χ0) is 11.3. The lowest BCUT2D eigenvalue weighted by atomic mass is 9.96. The summed E-state index contributed by atoms with van der Waals surface area (Å²) in [6.07, 6.45) is 0.0937. The van der Waals surface area contributed by atoms with Crippen LogP contribution in [-0.2, 0) is 9.53 Å². The van der Waals surface area contributed by atoms with E-state index in [-0.39, 0.29) is 12.4 Å². The zero-order valence-electron chi connectivity index (χ0n) is 9.00. The molecule has 0 aliphatic rings. The summed E-state index contributed by atoms with van der Waals surface area (Å²) < 4.78 is 17.3. The molecular weight excluding hydrogens is 195 g/mol. The van der Waals surface area contributed by atoms with Crippen LogP contribution >= 0.6 is 0 Å². The van der Waals surface area contributed by atoms with Crippen molar-refractivity contribution in [2.24, 2.45) is 0 Å². The van der Waals surface area contributed by atoms with E-state index in [1.165, 1.54) is 7.11 Å². The SMILES string of the molecule is COC(=O)C[C@@H](CF)c1cccc(C)c1. The van der Waals surface area contributed by atoms with Gasteiger partial charge in [-0.2, -0.15) is 0 Å². The molecule has 0 radical (unpaired) electrons. The number of aryl methyl sites for hydroxylation is 1. The van der Waals surface area contributed by atoms with Gasteiger partial charge in [0.1, 0.15) is 0 Å². The molecule has 15 heavy (non-hydrogen) atoms. The van der Waals surface area contributed by atoms with Gasteiger partial charge in [0.2, 0.25) is 0 Å². The third-order valence-corrected chi connectivity index (χ3v) is 2.34. The van der Waals surface area contributed by atoms with E-state index < -0.39 is 12.6 Å². The number of hydrogen-bond donors (Lipinski definition) is 0. The minimum absolute atomic E-state index is 0.0937. The van der Waals surface area contributed by atoms with Gasteiger partial charge in [0, 0.05) is 5.92 Å². The molecule has 0 saturated carbocycles. The third-order valence-electron chi connectivity index (χ3n) is 2.34. The highest BCUT2D eigenvalue weighted by Gasteiger charge is 2.16. The highest BCUT2D eigenvalue weighted by atomic mass is 19.1. The standard InChI is InChI=1S/C12H15FO2/c1-9-4-3-5-10(6-9)11(8-13)7-12(14)15-2/h3-6,11H,7-8H2,1-2H3/t11-/m0/s1. The van der Waals surface area contributed by atoms with Crippen LogP contribution in [0.5, 0.6) is 0 Å². The van der Waals surface area contributed by atoms with E-state index in [0.717, 1.165) is 11.1 Å². The summed E-state index contributed by atoms with van der Waals surface area (Å²) in [5, 5.41) is 0. The number of benzene rings is 1. The first-order chi connectivity index (χ1) is 7.17. The Kier molecular flexibility index (Phi) is 4.28. The van der Waals surface area contributed by atoms with Crippen molar-refractivity contribution in [3.05, 3.63) is 35.4 Å². The minimum Gasteiger partial charge on any atom is -0.469 e. The maximum atomic E-state index is 12.8. The predicted octanol–water partition coefficient (Wildman–Crippen LogP) is 2.61. The molecule has 0 unspecified atom stereocenters. The fourth-order valence-corrected chi connectivity index (χ4v) is 1.47. The average molecular weight is 210 g/mol. The Bertz CT molecular complexity index is 336. The molecule has 0 N–H and O–H groups in total. The maximum Gasteiger partial charge on any atom is 0.306 e. The number of halogens is 1. The molecule has 1 atom stereocenters. The number of carbonyl (C=O) groups is 1. The largest absolute Gasteiger partial charge is 0.469 e. The molecule has 3 heteroatoms. The summed E-state index contributed by atoms with van der Waals surface area (Å²) in [6, 6.07) is 7.54. The fourth-order valence-electron chi connectivity index (χ4n) is 1.47. The molecule has 0 fully saturated rings. The predicted molar refractivity (Wildman–Crippen MR) is 56.5 cm³/mol. The summed E-state index contributed by atoms with van der Waals surface area (Å²) in [6.45, 7) is 1.40. The van der Waals surface area contributed by atoms with Crippen LogP contribution in [0.2, 0.25) is 0 Å². The van der Waals surface area contributed by atoms with Crippen LogP contribution in [0.25, 0.3) is 0 Å². The van der Waals surface area contributed by atoms with E-state index in [1.807, 2.05) is 31.2 Å². The average Bonchev–Trinajstić information content (AvgIpc) is 2.25. The summed E-state index contributed by atoms with van der Waals surface area (Å²) in [7, 11) is 1.31. The molecule has 82 valence electrons. The highest BCUT2D eigenvalue weighted by Crippen LogP contribution is 2.21. The maximum absolute atomic E-state index is 12.8. The van der Waals surface area contributed by atoms with Gasteiger partial charge in [-0.25, -0.2) is 0 Å². The Morgan fingerprint density at radius 2 is 2.27 bits per heavy atom. The van der Waals surface area contributed by atoms with Crippen LogP contribution in [0, 0.1) is 6.92 Å². The summed E-state index contributed by atoms with van der Waals surface area (Å²) in [4.78, 5) is 11.1. The van der Waals surface area contributed by atoms with Crippen LogP contribution < -0.4 is 0 Å². The van der Waals surface area contributed by atoms with Crippen molar-refractivity contribution in [2.75, 3.05) is 13.8 Å². The van der Waals surface area contributed by atoms with Crippen molar-refractivity contribution >= 4 is 5.97 Å². The van der Waals surface area contributed by atoms with Gasteiger partial charge in [-0.3, -0.25) is 9.18 Å². The van der Waals surface area contributed by atoms with Crippen molar-refractivity contribution in [3.8, 4) is 0 Å². The molecule has 0 heterocycles. The summed E-state index contributed by atoms with van der Waals surface area (Å²) in [5.74, 6) is -0.767. The molecule has 0 saturated heterocycles. The van der Waals surface area contributed by atoms with Crippen LogP contribution in [-0.4, -0.2) is 19.8 Å². The molecule has 2 nitrogen and oxygen atoms in total. The van der Waals surface area contributed by atoms with Gasteiger partial charge in [0.25, 0.3) is 0 Å². The van der Waals surface area contributed by atoms with Gasteiger partial charge in [-0.15, -0.1) is 0 Å². The number of ether oxygens (including phenoxy) is 1. The van der Waals surface area contributed by atoms with Crippen LogP contribution in [0.15, 0.2) is 24.3 Å². The van der Waals surface area contributed by atoms with Crippen molar-refractivity contribution in [1.82, 2.24) is 0 Å². The molecular formula is C12H15FO2. The van der Waals surface area contributed by atoms with Crippen LogP contribution in [0.3, 0.4) is 0 Å². The molecule has 1 aromatic carbocycles. The molecule has 1 rings (SSSR count). The number of rotatable bonds is 4. The molecule has 0 bridgehead atoms. The second kappa shape index (κ2) is 5.49. The Hall–Kier alpha value is -1.38. The first-order valence-corrected chi connectivity index (χ1v) is 4.86. The quantitative estimate of drug-likeness (QED) is 0.714. The molecule has 0 aliphatic heterocycles. The van der Waals surface area contributed by atoms with Gasteiger partial charge in [0.05, 0.1) is 20.2 Å². The molecule has 0 spiro atoms. The second-order valence-electron chi connectivity index (χ2n) is 3.55. The summed E-state index contributed by atoms with van der Waals surface area (Å²) >= 11 is 0. The Morgan fingerprint density at radius 1 is 1.53 bits per heavy atom. The lowest BCUT2D eigenvalue weighted by Crippen LogP contribution is -2.10. The van der Waals surface area contributed by atoms with Crippen molar-refractivity contribution in [2.45, 2.75) is 19.3 Å². The molecule has 0 aromatic heterocycles. The summed E-state index contributed by atoms with van der Waals surface area (Å²) in [5.41, 5.74) is 1.92. The van der Waals surface area contributed by atoms with Crippen LogP contribution in [0.1, 0.15) is 23.5 Å². The van der Waals surface area contributed by atoms with Gasteiger partial charge >= 0.3 is 5.97 Å². The first kappa shape index (κ1) is 11.7. The smallest absolute Gasteiger partial charge is 0.306 e. The Balaban J connectivity index is 2.78. The zero-order valence-corrected chi connectivity index (χ0v) is 9.00. The lowest BCUT2D eigenvalue weighted by molar-refractivity contribution is -0.141. The van der Waals surface area contributed by atoms with E-state index in [9.17, 15) is 9.18 Å². The monoisotopic (exact) mass is 210 g/mol. The molecule has 0 aliphatic carbocycles. The second-order valence-corrected chi connectivity index (χ2v) is 3.55. The third kappa shape index (κ3) is 3.35. The lowest BCUT2D eigenvalue weighted by Gasteiger charge is -2.12. The van der Waals surface area contributed by atoms with Crippen molar-refractivity contribution < 1.29 is 13.9 Å². The number of hydrogen-bond acceptors (Lipinski definition) is 2. The Labute approximate surface area is 89.1 Å². The minimum atomic E-state index is -0.543. The number of carbonyl (C=O) groups excluding carboxylic acids is 1. The number of methoxy groups -OCH3 is 1.